The number of phosphoric ester groups is 1. The molecule has 1 saturated carbocycles. The highest BCUT2D eigenvalue weighted by molar-refractivity contribution is 7.47. The Labute approximate surface area is 410 Å². The fourth-order valence-corrected chi connectivity index (χ4v) is 10.5. The predicted molar refractivity (Wildman–Crippen MR) is 274 cm³/mol. The molecule has 1 amide bonds. The summed E-state index contributed by atoms with van der Waals surface area (Å²) >= 11 is 0. The number of unbranched alkanes of at least 4 members (excludes halogenated alkanes) is 38. The Bertz CT molecular complexity index is 1140. The Morgan fingerprint density at radius 2 is 0.716 bits per heavy atom. The van der Waals surface area contributed by atoms with Crippen LogP contribution >= 0.6 is 7.82 Å². The van der Waals surface area contributed by atoms with E-state index in [4.69, 9.17) is 9.05 Å². The van der Waals surface area contributed by atoms with Gasteiger partial charge in [0, 0.05) is 6.42 Å². The molecule has 0 saturated heterocycles. The van der Waals surface area contributed by atoms with E-state index < -0.39 is 63.2 Å². The van der Waals surface area contributed by atoms with Gasteiger partial charge in [-0.1, -0.05) is 264 Å². The molecule has 0 radical (unpaired) electrons. The Hall–Kier alpha value is -0.660. The third kappa shape index (κ3) is 35.2. The van der Waals surface area contributed by atoms with Crippen molar-refractivity contribution in [1.29, 1.82) is 0 Å². The first kappa shape index (κ1) is 64.4. The molecule has 1 aliphatic carbocycles. The molecule has 1 aliphatic rings. The lowest BCUT2D eigenvalue weighted by molar-refractivity contribution is -0.220. The van der Waals surface area contributed by atoms with Gasteiger partial charge in [0.25, 0.3) is 0 Å². The van der Waals surface area contributed by atoms with E-state index in [1.54, 1.807) is 0 Å². The van der Waals surface area contributed by atoms with Gasteiger partial charge in [0.2, 0.25) is 5.91 Å². The number of hydrogen-bond acceptors (Lipinski definition) is 10. The minimum atomic E-state index is -5.05. The SMILES string of the molecule is CCCCCCCCCCCCCCCCCCCCCCCCCCCCCC(=O)N[C@@H](COP(=O)(O)OC1C(O)C(O)C(O)[C@@H](O)C1O)[C@H](O)CCCCCCCCCCCCCCC. The molecule has 1 fully saturated rings. The second kappa shape index (κ2) is 44.1. The summed E-state index contributed by atoms with van der Waals surface area (Å²) in [5, 5.41) is 64.4. The molecule has 400 valence electrons. The van der Waals surface area contributed by atoms with Crippen molar-refractivity contribution < 1.29 is 53.9 Å². The fraction of sp³-hybridized carbons (Fsp3) is 0.981. The second-order valence-electron chi connectivity index (χ2n) is 20.5. The van der Waals surface area contributed by atoms with Gasteiger partial charge in [-0.3, -0.25) is 13.8 Å². The van der Waals surface area contributed by atoms with Gasteiger partial charge in [-0.25, -0.2) is 4.57 Å². The molecule has 13 heteroatoms. The van der Waals surface area contributed by atoms with Gasteiger partial charge in [-0.2, -0.15) is 0 Å². The van der Waals surface area contributed by atoms with Crippen molar-refractivity contribution in [3.05, 3.63) is 0 Å². The zero-order valence-electron chi connectivity index (χ0n) is 43.2. The first-order valence-electron chi connectivity index (χ1n) is 28.5. The lowest BCUT2D eigenvalue weighted by Crippen LogP contribution is -2.64. The molecule has 6 unspecified atom stereocenters. The van der Waals surface area contributed by atoms with E-state index >= 15 is 0 Å². The van der Waals surface area contributed by atoms with Crippen LogP contribution in [0.1, 0.15) is 284 Å². The van der Waals surface area contributed by atoms with Crippen molar-refractivity contribution in [2.75, 3.05) is 6.61 Å². The van der Waals surface area contributed by atoms with Gasteiger partial charge in [-0.15, -0.1) is 0 Å². The number of hydrogen-bond donors (Lipinski definition) is 8. The zero-order chi connectivity index (χ0) is 49.2. The van der Waals surface area contributed by atoms with Crippen LogP contribution in [0.25, 0.3) is 0 Å². The molecular formula is C54H108NO11P. The van der Waals surface area contributed by atoms with Crippen molar-refractivity contribution >= 4 is 13.7 Å². The lowest BCUT2D eigenvalue weighted by Gasteiger charge is -2.41. The maximum Gasteiger partial charge on any atom is 0.472 e. The van der Waals surface area contributed by atoms with Gasteiger partial charge in [0.05, 0.1) is 18.8 Å². The highest BCUT2D eigenvalue weighted by Gasteiger charge is 2.51. The molecule has 12 nitrogen and oxygen atoms in total. The van der Waals surface area contributed by atoms with Crippen LogP contribution in [0.3, 0.4) is 0 Å². The maximum atomic E-state index is 13.0. The number of aliphatic hydroxyl groups is 6. The highest BCUT2D eigenvalue weighted by Crippen LogP contribution is 2.47. The number of carbonyl (C=O) groups is 1. The largest absolute Gasteiger partial charge is 0.472 e. The quantitative estimate of drug-likeness (QED) is 0.0213. The van der Waals surface area contributed by atoms with Crippen molar-refractivity contribution in [2.24, 2.45) is 0 Å². The Kier molecular flexibility index (Phi) is 42.3. The third-order valence-corrected chi connectivity index (χ3v) is 15.2. The van der Waals surface area contributed by atoms with Gasteiger partial charge < -0.3 is 40.8 Å². The Morgan fingerprint density at radius 1 is 0.448 bits per heavy atom. The Balaban J connectivity index is 2.25. The van der Waals surface area contributed by atoms with E-state index in [9.17, 15) is 44.9 Å². The van der Waals surface area contributed by atoms with E-state index in [0.717, 1.165) is 38.5 Å². The minimum absolute atomic E-state index is 0.243. The van der Waals surface area contributed by atoms with Crippen LogP contribution in [-0.2, 0) is 18.4 Å². The normalized spacial score (nSPS) is 21.6. The van der Waals surface area contributed by atoms with Crippen LogP contribution in [0, 0.1) is 0 Å². The number of rotatable bonds is 49. The zero-order valence-corrected chi connectivity index (χ0v) is 44.1. The van der Waals surface area contributed by atoms with Crippen LogP contribution in [0.2, 0.25) is 0 Å². The first-order valence-corrected chi connectivity index (χ1v) is 30.0. The van der Waals surface area contributed by atoms with E-state index in [-0.39, 0.29) is 12.3 Å². The smallest absolute Gasteiger partial charge is 0.391 e. The number of aliphatic hydroxyl groups excluding tert-OH is 6. The van der Waals surface area contributed by atoms with Crippen LogP contribution < -0.4 is 5.32 Å². The number of nitrogens with one attached hydrogen (secondary N) is 1. The molecule has 0 aliphatic heterocycles. The molecule has 0 aromatic rings. The van der Waals surface area contributed by atoms with Crippen LogP contribution in [0.15, 0.2) is 0 Å². The van der Waals surface area contributed by atoms with Crippen LogP contribution in [-0.4, -0.2) is 96.8 Å². The molecule has 0 aromatic heterocycles. The van der Waals surface area contributed by atoms with Crippen molar-refractivity contribution in [3.63, 3.8) is 0 Å². The summed E-state index contributed by atoms with van der Waals surface area (Å²) in [6.45, 7) is 3.93. The monoisotopic (exact) mass is 978 g/mol. The molecule has 9 atom stereocenters. The van der Waals surface area contributed by atoms with Crippen molar-refractivity contribution in [1.82, 2.24) is 5.32 Å². The Morgan fingerprint density at radius 3 is 1.03 bits per heavy atom. The summed E-state index contributed by atoms with van der Waals surface area (Å²) in [5.74, 6) is -0.301. The minimum Gasteiger partial charge on any atom is -0.391 e. The summed E-state index contributed by atoms with van der Waals surface area (Å²) in [5.41, 5.74) is 0. The lowest BCUT2D eigenvalue weighted by atomic mass is 9.85. The average molecular weight is 978 g/mol. The molecule has 0 bridgehead atoms. The molecule has 0 aromatic carbocycles. The number of carbonyl (C=O) groups excluding carboxylic acids is 1. The molecule has 67 heavy (non-hydrogen) atoms. The summed E-state index contributed by atoms with van der Waals surface area (Å²) in [7, 11) is -5.05. The van der Waals surface area contributed by atoms with Gasteiger partial charge in [0.15, 0.2) is 0 Å². The number of phosphoric acid groups is 1. The number of amides is 1. The summed E-state index contributed by atoms with van der Waals surface area (Å²) < 4.78 is 23.1. The van der Waals surface area contributed by atoms with E-state index in [2.05, 4.69) is 19.2 Å². The van der Waals surface area contributed by atoms with Crippen LogP contribution in [0.4, 0.5) is 0 Å². The summed E-state index contributed by atoms with van der Waals surface area (Å²) in [6.07, 6.45) is 38.7. The first-order chi connectivity index (χ1) is 32.4. The molecule has 0 heterocycles. The molecule has 0 spiro atoms. The van der Waals surface area contributed by atoms with Crippen LogP contribution in [0.5, 0.6) is 0 Å². The predicted octanol–water partition coefficient (Wildman–Crippen LogP) is 12.6. The molecule has 1 rings (SSSR count). The van der Waals surface area contributed by atoms with Gasteiger partial charge >= 0.3 is 7.82 Å². The van der Waals surface area contributed by atoms with E-state index in [1.807, 2.05) is 0 Å². The molecular weight excluding hydrogens is 870 g/mol. The van der Waals surface area contributed by atoms with E-state index in [0.29, 0.717) is 19.3 Å². The maximum absolute atomic E-state index is 13.0. The summed E-state index contributed by atoms with van der Waals surface area (Å²) in [4.78, 5) is 23.5. The highest BCUT2D eigenvalue weighted by atomic mass is 31.2. The average Bonchev–Trinajstić information content (AvgIpc) is 3.31. The molecule has 8 N–H and O–H groups in total. The van der Waals surface area contributed by atoms with E-state index in [1.165, 1.54) is 205 Å². The van der Waals surface area contributed by atoms with Crippen molar-refractivity contribution in [3.8, 4) is 0 Å². The standard InChI is InChI=1S/C54H108NO11P/c1-3-5-7-9-11-13-15-17-18-19-20-21-22-23-24-25-26-27-28-29-30-32-34-36-38-40-42-44-48(57)55-46(47(56)43-41-39-37-35-33-31-16-14-12-10-8-6-4-2)45-65-67(63,64)66-54-52(61)50(59)49(58)51(60)53(54)62/h46-47,49-54,56,58-62H,3-45H2,1-2H3,(H,55,57)(H,63,64)/t46-,47+,49?,50+,51?,52?,53?,54?/m0/s1. The third-order valence-electron chi connectivity index (χ3n) is 14.2. The summed E-state index contributed by atoms with van der Waals surface area (Å²) in [6, 6.07) is -1.03. The fourth-order valence-electron chi connectivity index (χ4n) is 9.56. The topological polar surface area (TPSA) is 206 Å². The van der Waals surface area contributed by atoms with Gasteiger partial charge in [-0.05, 0) is 12.8 Å². The second-order valence-corrected chi connectivity index (χ2v) is 21.9. The van der Waals surface area contributed by atoms with Crippen molar-refractivity contribution in [2.45, 2.75) is 332 Å². The van der Waals surface area contributed by atoms with Gasteiger partial charge in [0.1, 0.15) is 36.6 Å².